The molecule has 43 heavy (non-hydrogen) atoms. The van der Waals surface area contributed by atoms with Crippen molar-refractivity contribution < 1.29 is 28.6 Å². The second kappa shape index (κ2) is 12.2. The van der Waals surface area contributed by atoms with Crippen LogP contribution in [0.15, 0.2) is 54.6 Å². The lowest BCUT2D eigenvalue weighted by Crippen LogP contribution is -2.45. The molecule has 0 unspecified atom stereocenters. The Morgan fingerprint density at radius 3 is 2.86 bits per heavy atom. The molecule has 6 rings (SSSR count). The first-order chi connectivity index (χ1) is 20.7. The normalized spacial score (nSPS) is 28.9. The second-order valence-electron chi connectivity index (χ2n) is 12.4. The fourth-order valence-electron chi connectivity index (χ4n) is 6.80. The zero-order valence-electron chi connectivity index (χ0n) is 24.3. The molecule has 7 nitrogen and oxygen atoms in total. The predicted molar refractivity (Wildman–Crippen MR) is 163 cm³/mol. The molecule has 9 heteroatoms. The number of aliphatic carboxylic acids is 1. The number of fused-ring (bicyclic) bond motifs is 3. The molecule has 2 fully saturated rings. The number of nitrogens with zero attached hydrogens (tertiary/aromatic N) is 2. The van der Waals surface area contributed by atoms with Crippen LogP contribution in [-0.2, 0) is 20.8 Å². The summed E-state index contributed by atoms with van der Waals surface area (Å²) in [6, 6.07) is 11.8. The molecule has 5 atom stereocenters. The predicted octanol–water partition coefficient (Wildman–Crippen LogP) is 6.52. The van der Waals surface area contributed by atoms with Crippen molar-refractivity contribution in [1.29, 1.82) is 0 Å². The molecule has 3 aliphatic rings. The first-order valence-corrected chi connectivity index (χ1v) is 16.0. The molecule has 3 heterocycles. The quantitative estimate of drug-likeness (QED) is 0.333. The van der Waals surface area contributed by atoms with Crippen LogP contribution in [0.1, 0.15) is 62.5 Å². The molecule has 0 bridgehead atoms. The SMILES string of the molecule is Cc1cccc(C[C@H]2CCCCC/C=C\[C@H]3C[C@@]3(C(=O)O)CC(=O)[C@@H]3C[C@@H](Oc4nc5ccc(F)cc5s4)CN3C2=O)c1. The molecular formula is C34H37FN2O5S. The summed E-state index contributed by atoms with van der Waals surface area (Å²) in [6.45, 7) is 2.25. The largest absolute Gasteiger partial charge is 0.481 e. The summed E-state index contributed by atoms with van der Waals surface area (Å²) >= 11 is 1.23. The summed E-state index contributed by atoms with van der Waals surface area (Å²) in [5.41, 5.74) is 1.72. The van der Waals surface area contributed by atoms with Crippen LogP contribution in [0.3, 0.4) is 0 Å². The van der Waals surface area contributed by atoms with Gasteiger partial charge in [-0.05, 0) is 68.7 Å². The molecule has 1 saturated carbocycles. The Kier molecular flexibility index (Phi) is 8.36. The van der Waals surface area contributed by atoms with E-state index in [9.17, 15) is 23.9 Å². The first kappa shape index (κ1) is 29.5. The average molecular weight is 605 g/mol. The summed E-state index contributed by atoms with van der Waals surface area (Å²) < 4.78 is 20.6. The molecule has 2 aliphatic heterocycles. The van der Waals surface area contributed by atoms with Crippen LogP contribution in [0.2, 0.25) is 0 Å². The van der Waals surface area contributed by atoms with Crippen LogP contribution in [0.25, 0.3) is 10.2 Å². The summed E-state index contributed by atoms with van der Waals surface area (Å²) in [6.07, 6.45) is 9.13. The third kappa shape index (κ3) is 6.37. The van der Waals surface area contributed by atoms with Gasteiger partial charge in [0.25, 0.3) is 5.19 Å². The van der Waals surface area contributed by atoms with Crippen LogP contribution in [0, 0.1) is 30.0 Å². The number of rotatable bonds is 5. The Labute approximate surface area is 254 Å². The third-order valence-electron chi connectivity index (χ3n) is 9.27. The smallest absolute Gasteiger partial charge is 0.310 e. The van der Waals surface area contributed by atoms with Crippen LogP contribution < -0.4 is 4.74 Å². The minimum absolute atomic E-state index is 0.0814. The van der Waals surface area contributed by atoms with Crippen molar-refractivity contribution in [2.45, 2.75) is 76.9 Å². The van der Waals surface area contributed by atoms with Gasteiger partial charge in [-0.3, -0.25) is 14.4 Å². The van der Waals surface area contributed by atoms with Gasteiger partial charge in [0.1, 0.15) is 11.9 Å². The maximum absolute atomic E-state index is 14.3. The van der Waals surface area contributed by atoms with Crippen LogP contribution in [0.4, 0.5) is 4.39 Å². The van der Waals surface area contributed by atoms with Crippen molar-refractivity contribution in [2.75, 3.05) is 6.54 Å². The number of carbonyl (C=O) groups is 3. The van der Waals surface area contributed by atoms with Gasteiger partial charge in [0, 0.05) is 18.8 Å². The van der Waals surface area contributed by atoms with E-state index in [-0.39, 0.29) is 48.7 Å². The number of hydrogen-bond acceptors (Lipinski definition) is 6. The van der Waals surface area contributed by atoms with Gasteiger partial charge >= 0.3 is 5.97 Å². The van der Waals surface area contributed by atoms with Crippen LogP contribution in [0.5, 0.6) is 5.19 Å². The number of allylic oxidation sites excluding steroid dienone is 2. The fourth-order valence-corrected chi connectivity index (χ4v) is 7.71. The molecule has 226 valence electrons. The van der Waals surface area contributed by atoms with Crippen LogP contribution >= 0.6 is 11.3 Å². The standard InChI is InChI=1S/C34H37FN2O5S/c1-21-8-7-9-22(14-21)15-23-10-5-3-2-4-6-11-24-18-34(24,32(40)41)19-29(38)28-17-26(20-37(28)31(23)39)42-33-36-27-13-12-25(35)16-30(27)43-33/h6-9,11-14,16,23-24,26,28H,2-5,10,15,17-20H2,1H3,(H,40,41)/b11-6-/t23-,24+,26-,28+,34-/m1/s1. The number of ether oxygens (including phenoxy) is 1. The van der Waals surface area contributed by atoms with Gasteiger partial charge in [0.2, 0.25) is 5.91 Å². The topological polar surface area (TPSA) is 96.8 Å². The molecule has 1 aliphatic carbocycles. The number of amides is 1. The van der Waals surface area contributed by atoms with E-state index < -0.39 is 23.5 Å². The van der Waals surface area contributed by atoms with Gasteiger partial charge in [0.05, 0.1) is 28.2 Å². The highest BCUT2D eigenvalue weighted by molar-refractivity contribution is 7.20. The number of aromatic nitrogens is 1. The molecule has 1 aromatic heterocycles. The molecule has 0 radical (unpaired) electrons. The lowest BCUT2D eigenvalue weighted by Gasteiger charge is -2.29. The summed E-state index contributed by atoms with van der Waals surface area (Å²) in [5, 5.41) is 10.5. The number of benzene rings is 2. The molecule has 2 aromatic carbocycles. The Morgan fingerprint density at radius 2 is 2.05 bits per heavy atom. The molecule has 3 aromatic rings. The number of hydrogen-bond donors (Lipinski definition) is 1. The number of halogens is 1. The number of ketones is 1. The maximum atomic E-state index is 14.3. The van der Waals surface area contributed by atoms with E-state index in [1.807, 2.05) is 31.2 Å². The number of Topliss-reactive ketones (excluding diaryl/α,β-unsaturated/α-hetero) is 1. The van der Waals surface area contributed by atoms with Gasteiger partial charge in [-0.25, -0.2) is 9.37 Å². The lowest BCUT2D eigenvalue weighted by atomic mass is 9.90. The first-order valence-electron chi connectivity index (χ1n) is 15.2. The van der Waals surface area contributed by atoms with E-state index in [4.69, 9.17) is 4.74 Å². The lowest BCUT2D eigenvalue weighted by molar-refractivity contribution is -0.147. The number of aryl methyl sites for hydroxylation is 1. The van der Waals surface area contributed by atoms with Gasteiger partial charge in [-0.15, -0.1) is 0 Å². The van der Waals surface area contributed by atoms with Crippen molar-refractivity contribution in [3.63, 3.8) is 0 Å². The van der Waals surface area contributed by atoms with Crippen molar-refractivity contribution in [3.05, 3.63) is 71.6 Å². The highest BCUT2D eigenvalue weighted by Gasteiger charge is 2.61. The number of carboxylic acids is 1. The molecule has 1 amide bonds. The number of thiazole rings is 1. The van der Waals surface area contributed by atoms with E-state index in [1.54, 1.807) is 11.0 Å². The molecule has 0 spiro atoms. The highest BCUT2D eigenvalue weighted by Crippen LogP contribution is 2.57. The van der Waals surface area contributed by atoms with E-state index in [1.165, 1.54) is 23.5 Å². The summed E-state index contributed by atoms with van der Waals surface area (Å²) in [5.74, 6) is -2.10. The maximum Gasteiger partial charge on any atom is 0.310 e. The molecule has 1 N–H and O–H groups in total. The average Bonchev–Trinajstić information content (AvgIpc) is 3.29. The number of carboxylic acid groups (broad SMARTS) is 1. The second-order valence-corrected chi connectivity index (χ2v) is 13.4. The zero-order valence-corrected chi connectivity index (χ0v) is 25.2. The molecule has 1 saturated heterocycles. The van der Waals surface area contributed by atoms with Crippen molar-refractivity contribution in [3.8, 4) is 5.19 Å². The highest BCUT2D eigenvalue weighted by atomic mass is 32.1. The zero-order chi connectivity index (χ0) is 30.1. The van der Waals surface area contributed by atoms with Gasteiger partial charge in [-0.2, -0.15) is 0 Å². The van der Waals surface area contributed by atoms with Crippen molar-refractivity contribution >= 4 is 39.2 Å². The van der Waals surface area contributed by atoms with E-state index in [0.717, 1.165) is 36.8 Å². The molecular weight excluding hydrogens is 567 g/mol. The monoisotopic (exact) mass is 604 g/mol. The number of carbonyl (C=O) groups excluding carboxylic acids is 2. The van der Waals surface area contributed by atoms with Gasteiger partial charge in [0.15, 0.2) is 5.78 Å². The summed E-state index contributed by atoms with van der Waals surface area (Å²) in [4.78, 5) is 46.8. The van der Waals surface area contributed by atoms with Crippen molar-refractivity contribution in [1.82, 2.24) is 9.88 Å². The van der Waals surface area contributed by atoms with Gasteiger partial charge in [-0.1, -0.05) is 66.2 Å². The fraction of sp³-hybridized carbons (Fsp3) is 0.471. The van der Waals surface area contributed by atoms with Crippen LogP contribution in [-0.4, -0.2) is 51.3 Å². The van der Waals surface area contributed by atoms with E-state index in [2.05, 4.69) is 17.1 Å². The Bertz CT molecular complexity index is 1570. The minimum atomic E-state index is -1.11. The Hall–Kier alpha value is -3.59. The Balaban J connectivity index is 1.29. The van der Waals surface area contributed by atoms with Gasteiger partial charge < -0.3 is 14.7 Å². The van der Waals surface area contributed by atoms with E-state index in [0.29, 0.717) is 34.7 Å². The van der Waals surface area contributed by atoms with Crippen molar-refractivity contribution in [2.24, 2.45) is 17.3 Å². The van der Waals surface area contributed by atoms with E-state index >= 15 is 0 Å². The third-order valence-corrected chi connectivity index (χ3v) is 10.2. The summed E-state index contributed by atoms with van der Waals surface area (Å²) in [7, 11) is 0. The Morgan fingerprint density at radius 1 is 1.19 bits per heavy atom. The minimum Gasteiger partial charge on any atom is -0.481 e.